The molecule has 0 aliphatic carbocycles. The maximum Gasteiger partial charge on any atom is 0.124 e. The molecular formula is C18H31NO. The van der Waals surface area contributed by atoms with Gasteiger partial charge in [-0.1, -0.05) is 63.1 Å². The molecule has 0 radical (unpaired) electrons. The minimum Gasteiger partial charge on any atom is -0.493 e. The van der Waals surface area contributed by atoms with Gasteiger partial charge in [0, 0.05) is 11.6 Å². The summed E-state index contributed by atoms with van der Waals surface area (Å²) in [5.41, 5.74) is 8.36. The van der Waals surface area contributed by atoms with Crippen LogP contribution in [0.2, 0.25) is 0 Å². The van der Waals surface area contributed by atoms with E-state index in [-0.39, 0.29) is 6.04 Å². The molecule has 0 heterocycles. The highest BCUT2D eigenvalue weighted by atomic mass is 16.5. The lowest BCUT2D eigenvalue weighted by atomic mass is 10.1. The number of hydrogen-bond donors (Lipinski definition) is 1. The molecule has 0 aromatic heterocycles. The average Bonchev–Trinajstić information content (AvgIpc) is 2.43. The number of nitrogens with two attached hydrogens (primary N) is 1. The van der Waals surface area contributed by atoms with E-state index in [4.69, 9.17) is 10.5 Å². The standard InChI is InChI=1S/C18H31NO/c1-4-5-6-7-8-9-10-13-20-18-12-11-15(2)14-17(18)16(3)19/h11-12,14,16H,4-10,13,19H2,1-3H3/t16-/m1/s1. The van der Waals surface area contributed by atoms with Gasteiger partial charge < -0.3 is 10.5 Å². The molecule has 1 atom stereocenters. The van der Waals surface area contributed by atoms with E-state index in [9.17, 15) is 0 Å². The monoisotopic (exact) mass is 277 g/mol. The molecule has 0 aliphatic rings. The zero-order valence-corrected chi connectivity index (χ0v) is 13.5. The fourth-order valence-corrected chi connectivity index (χ4v) is 2.40. The van der Waals surface area contributed by atoms with Crippen LogP contribution in [0.5, 0.6) is 5.75 Å². The highest BCUT2D eigenvalue weighted by molar-refractivity contribution is 5.38. The van der Waals surface area contributed by atoms with Gasteiger partial charge in [-0.05, 0) is 26.3 Å². The molecule has 0 amide bonds. The summed E-state index contributed by atoms with van der Waals surface area (Å²) in [6, 6.07) is 6.30. The van der Waals surface area contributed by atoms with Crippen LogP contribution in [0.15, 0.2) is 18.2 Å². The summed E-state index contributed by atoms with van der Waals surface area (Å²) < 4.78 is 5.90. The molecule has 0 bridgehead atoms. The van der Waals surface area contributed by atoms with Crippen LogP contribution in [0.1, 0.15) is 76.0 Å². The summed E-state index contributed by atoms with van der Waals surface area (Å²) in [5, 5.41) is 0. The van der Waals surface area contributed by atoms with Crippen molar-refractivity contribution in [3.05, 3.63) is 29.3 Å². The predicted octanol–water partition coefficient (Wildman–Crippen LogP) is 5.14. The Hall–Kier alpha value is -1.02. The molecule has 0 saturated carbocycles. The zero-order chi connectivity index (χ0) is 14.8. The predicted molar refractivity (Wildman–Crippen MR) is 87.3 cm³/mol. The molecule has 2 nitrogen and oxygen atoms in total. The zero-order valence-electron chi connectivity index (χ0n) is 13.5. The van der Waals surface area contributed by atoms with Crippen LogP contribution in [0.4, 0.5) is 0 Å². The van der Waals surface area contributed by atoms with Crippen molar-refractivity contribution in [1.82, 2.24) is 0 Å². The first-order chi connectivity index (χ1) is 9.65. The Bertz CT molecular complexity index is 374. The van der Waals surface area contributed by atoms with E-state index < -0.39 is 0 Å². The third-order valence-corrected chi connectivity index (χ3v) is 3.66. The fraction of sp³-hybridized carbons (Fsp3) is 0.667. The lowest BCUT2D eigenvalue weighted by Crippen LogP contribution is -2.09. The number of aryl methyl sites for hydroxylation is 1. The van der Waals surface area contributed by atoms with E-state index in [1.807, 2.05) is 6.92 Å². The van der Waals surface area contributed by atoms with Crippen molar-refractivity contribution >= 4 is 0 Å². The molecule has 20 heavy (non-hydrogen) atoms. The van der Waals surface area contributed by atoms with Gasteiger partial charge in [-0.25, -0.2) is 0 Å². The van der Waals surface area contributed by atoms with Crippen LogP contribution < -0.4 is 10.5 Å². The first kappa shape index (κ1) is 17.0. The summed E-state index contributed by atoms with van der Waals surface area (Å²) >= 11 is 0. The third kappa shape index (κ3) is 6.42. The summed E-state index contributed by atoms with van der Waals surface area (Å²) in [6.07, 6.45) is 9.17. The van der Waals surface area contributed by atoms with Gasteiger partial charge in [0.1, 0.15) is 5.75 Å². The summed E-state index contributed by atoms with van der Waals surface area (Å²) in [6.45, 7) is 7.16. The molecular weight excluding hydrogens is 246 g/mol. The SMILES string of the molecule is CCCCCCCCCOc1ccc(C)cc1[C@@H](C)N. The van der Waals surface area contributed by atoms with Crippen molar-refractivity contribution in [2.24, 2.45) is 5.73 Å². The lowest BCUT2D eigenvalue weighted by molar-refractivity contribution is 0.300. The maximum atomic E-state index is 6.00. The molecule has 2 N–H and O–H groups in total. The van der Waals surface area contributed by atoms with E-state index in [0.717, 1.165) is 24.3 Å². The molecule has 1 rings (SSSR count). The molecule has 0 fully saturated rings. The quantitative estimate of drug-likeness (QED) is 0.601. The smallest absolute Gasteiger partial charge is 0.124 e. The number of rotatable bonds is 10. The Labute approximate surface area is 124 Å². The first-order valence-electron chi connectivity index (χ1n) is 8.14. The van der Waals surface area contributed by atoms with Crippen LogP contribution >= 0.6 is 0 Å². The van der Waals surface area contributed by atoms with Gasteiger partial charge in [0.05, 0.1) is 6.61 Å². The Kier molecular flexibility index (Phi) is 8.36. The van der Waals surface area contributed by atoms with E-state index >= 15 is 0 Å². The summed E-state index contributed by atoms with van der Waals surface area (Å²) in [5.74, 6) is 0.955. The van der Waals surface area contributed by atoms with Crippen molar-refractivity contribution in [1.29, 1.82) is 0 Å². The van der Waals surface area contributed by atoms with Gasteiger partial charge in [0.2, 0.25) is 0 Å². The summed E-state index contributed by atoms with van der Waals surface area (Å²) in [4.78, 5) is 0. The minimum atomic E-state index is 0.0268. The second kappa shape index (κ2) is 9.82. The van der Waals surface area contributed by atoms with E-state index in [1.54, 1.807) is 0 Å². The maximum absolute atomic E-state index is 6.00. The Morgan fingerprint density at radius 1 is 1.05 bits per heavy atom. The number of unbranched alkanes of at least 4 members (excludes halogenated alkanes) is 6. The third-order valence-electron chi connectivity index (χ3n) is 3.66. The second-order valence-corrected chi connectivity index (χ2v) is 5.80. The average molecular weight is 277 g/mol. The lowest BCUT2D eigenvalue weighted by Gasteiger charge is -2.14. The van der Waals surface area contributed by atoms with Gasteiger partial charge in [-0.15, -0.1) is 0 Å². The van der Waals surface area contributed by atoms with Gasteiger partial charge in [-0.3, -0.25) is 0 Å². The fourth-order valence-electron chi connectivity index (χ4n) is 2.40. The van der Waals surface area contributed by atoms with Gasteiger partial charge in [-0.2, -0.15) is 0 Å². The Balaban J connectivity index is 2.25. The van der Waals surface area contributed by atoms with Crippen LogP contribution in [0.3, 0.4) is 0 Å². The van der Waals surface area contributed by atoms with Crippen LogP contribution in [0, 0.1) is 6.92 Å². The molecule has 0 aliphatic heterocycles. The van der Waals surface area contributed by atoms with Crippen LogP contribution in [-0.4, -0.2) is 6.61 Å². The first-order valence-corrected chi connectivity index (χ1v) is 8.14. The van der Waals surface area contributed by atoms with E-state index in [1.165, 1.54) is 44.1 Å². The minimum absolute atomic E-state index is 0.0268. The highest BCUT2D eigenvalue weighted by Crippen LogP contribution is 2.25. The van der Waals surface area contributed by atoms with Gasteiger partial charge in [0.15, 0.2) is 0 Å². The van der Waals surface area contributed by atoms with Gasteiger partial charge in [0.25, 0.3) is 0 Å². The summed E-state index contributed by atoms with van der Waals surface area (Å²) in [7, 11) is 0. The molecule has 1 aromatic rings. The topological polar surface area (TPSA) is 35.2 Å². The van der Waals surface area contributed by atoms with Crippen LogP contribution in [-0.2, 0) is 0 Å². The van der Waals surface area contributed by atoms with Crippen molar-refractivity contribution in [3.63, 3.8) is 0 Å². The number of ether oxygens (including phenoxy) is 1. The molecule has 0 spiro atoms. The highest BCUT2D eigenvalue weighted by Gasteiger charge is 2.08. The Morgan fingerprint density at radius 3 is 2.35 bits per heavy atom. The van der Waals surface area contributed by atoms with Crippen molar-refractivity contribution in [2.45, 2.75) is 71.8 Å². The van der Waals surface area contributed by atoms with Gasteiger partial charge >= 0.3 is 0 Å². The molecule has 2 heteroatoms. The molecule has 1 aromatic carbocycles. The normalized spacial score (nSPS) is 12.4. The van der Waals surface area contributed by atoms with Crippen molar-refractivity contribution in [2.75, 3.05) is 6.61 Å². The number of benzene rings is 1. The Morgan fingerprint density at radius 2 is 1.70 bits per heavy atom. The van der Waals surface area contributed by atoms with Crippen LogP contribution in [0.25, 0.3) is 0 Å². The molecule has 0 unspecified atom stereocenters. The van der Waals surface area contributed by atoms with E-state index in [2.05, 4.69) is 32.0 Å². The largest absolute Gasteiger partial charge is 0.493 e. The number of hydrogen-bond acceptors (Lipinski definition) is 2. The van der Waals surface area contributed by atoms with Crippen molar-refractivity contribution < 1.29 is 4.74 Å². The van der Waals surface area contributed by atoms with Crippen molar-refractivity contribution in [3.8, 4) is 5.75 Å². The van der Waals surface area contributed by atoms with E-state index in [0.29, 0.717) is 0 Å². The molecule has 114 valence electrons. The second-order valence-electron chi connectivity index (χ2n) is 5.80. The molecule has 0 saturated heterocycles.